The van der Waals surface area contributed by atoms with Gasteiger partial charge in [0.25, 0.3) is 0 Å². The van der Waals surface area contributed by atoms with Gasteiger partial charge in [-0.2, -0.15) is 0 Å². The van der Waals surface area contributed by atoms with Crippen LogP contribution in [0.15, 0.2) is 23.3 Å². The molecule has 0 saturated carbocycles. The summed E-state index contributed by atoms with van der Waals surface area (Å²) in [6.07, 6.45) is 7.15. The molecule has 2 N–H and O–H groups in total. The minimum absolute atomic E-state index is 0.462. The van der Waals surface area contributed by atoms with Gasteiger partial charge in [0.15, 0.2) is 5.96 Å². The number of nitrogens with one attached hydrogen (secondary N) is 2. The van der Waals surface area contributed by atoms with Crippen molar-refractivity contribution in [3.63, 3.8) is 0 Å². The Morgan fingerprint density at radius 2 is 2.13 bits per heavy atom. The van der Waals surface area contributed by atoms with E-state index in [-0.39, 0.29) is 0 Å². The average molecular weight is 314 g/mol. The summed E-state index contributed by atoms with van der Waals surface area (Å²) < 4.78 is 0. The zero-order valence-electron chi connectivity index (χ0n) is 14.0. The Morgan fingerprint density at radius 1 is 1.35 bits per heavy atom. The van der Waals surface area contributed by atoms with Crippen LogP contribution < -0.4 is 15.5 Å². The van der Waals surface area contributed by atoms with Crippen molar-refractivity contribution in [3.05, 3.63) is 23.9 Å². The third-order valence-electron chi connectivity index (χ3n) is 3.78. The SMILES string of the molecule is C#CCNC(=NCc1cccnc1N1CCN(C)CC1)NCC. The number of hydrogen-bond acceptors (Lipinski definition) is 4. The molecular weight excluding hydrogens is 288 g/mol. The number of piperazine rings is 1. The predicted molar refractivity (Wildman–Crippen MR) is 95.6 cm³/mol. The molecule has 1 aliphatic heterocycles. The molecule has 0 aromatic carbocycles. The number of anilines is 1. The molecule has 23 heavy (non-hydrogen) atoms. The maximum atomic E-state index is 5.30. The first kappa shape index (κ1) is 17.1. The van der Waals surface area contributed by atoms with Crippen LogP contribution in [0.25, 0.3) is 0 Å². The Morgan fingerprint density at radius 3 is 2.83 bits per heavy atom. The molecule has 0 bridgehead atoms. The highest BCUT2D eigenvalue weighted by Gasteiger charge is 2.17. The van der Waals surface area contributed by atoms with Crippen LogP contribution in [-0.4, -0.2) is 62.2 Å². The van der Waals surface area contributed by atoms with E-state index in [1.165, 1.54) is 0 Å². The van der Waals surface area contributed by atoms with Gasteiger partial charge in [-0.15, -0.1) is 6.42 Å². The quantitative estimate of drug-likeness (QED) is 0.471. The molecule has 0 amide bonds. The standard InChI is InChI=1S/C17H26N6/c1-4-8-20-17(18-5-2)21-14-15-7-6-9-19-16(15)23-12-10-22(3)11-13-23/h1,6-7,9H,5,8,10-14H2,2-3H3,(H2,18,20,21). The van der Waals surface area contributed by atoms with Gasteiger partial charge < -0.3 is 20.4 Å². The van der Waals surface area contributed by atoms with Crippen molar-refractivity contribution in [2.75, 3.05) is 51.2 Å². The monoisotopic (exact) mass is 314 g/mol. The largest absolute Gasteiger partial charge is 0.357 e. The van der Waals surface area contributed by atoms with Crippen LogP contribution in [0.4, 0.5) is 5.82 Å². The first-order valence-corrected chi connectivity index (χ1v) is 8.07. The Hall–Kier alpha value is -2.26. The lowest BCUT2D eigenvalue weighted by molar-refractivity contribution is 0.312. The number of nitrogens with zero attached hydrogens (tertiary/aromatic N) is 4. The first-order chi connectivity index (χ1) is 11.2. The summed E-state index contributed by atoms with van der Waals surface area (Å²) in [4.78, 5) is 13.9. The Bertz CT molecular complexity index is 554. The number of terminal acetylenes is 1. The molecule has 6 heteroatoms. The molecule has 1 fully saturated rings. The first-order valence-electron chi connectivity index (χ1n) is 8.07. The van der Waals surface area contributed by atoms with Crippen molar-refractivity contribution < 1.29 is 0 Å². The zero-order chi connectivity index (χ0) is 16.5. The molecule has 124 valence electrons. The molecule has 1 aliphatic rings. The summed E-state index contributed by atoms with van der Waals surface area (Å²) >= 11 is 0. The van der Waals surface area contributed by atoms with Crippen LogP contribution in [0.3, 0.4) is 0 Å². The highest BCUT2D eigenvalue weighted by Crippen LogP contribution is 2.19. The fourth-order valence-corrected chi connectivity index (χ4v) is 2.50. The minimum Gasteiger partial charge on any atom is -0.357 e. The Kier molecular flexibility index (Phi) is 6.70. The summed E-state index contributed by atoms with van der Waals surface area (Å²) in [7, 11) is 2.15. The predicted octanol–water partition coefficient (Wildman–Crippen LogP) is 0.522. The molecule has 0 aliphatic carbocycles. The molecule has 2 rings (SSSR count). The summed E-state index contributed by atoms with van der Waals surface area (Å²) in [5.74, 6) is 4.34. The van der Waals surface area contributed by atoms with Crippen LogP contribution in [0.2, 0.25) is 0 Å². The van der Waals surface area contributed by atoms with Gasteiger partial charge in [0.2, 0.25) is 0 Å². The van der Waals surface area contributed by atoms with E-state index in [1.807, 2.05) is 19.2 Å². The third-order valence-corrected chi connectivity index (χ3v) is 3.78. The van der Waals surface area contributed by atoms with E-state index in [9.17, 15) is 0 Å². The minimum atomic E-state index is 0.462. The summed E-state index contributed by atoms with van der Waals surface area (Å²) in [6.45, 7) is 8.00. The maximum absolute atomic E-state index is 5.30. The summed E-state index contributed by atoms with van der Waals surface area (Å²) in [6, 6.07) is 4.06. The van der Waals surface area contributed by atoms with Crippen molar-refractivity contribution in [1.82, 2.24) is 20.5 Å². The molecule has 1 aromatic rings. The number of aliphatic imine (C=N–C) groups is 1. The molecule has 1 aromatic heterocycles. The topological polar surface area (TPSA) is 55.8 Å². The lowest BCUT2D eigenvalue weighted by Gasteiger charge is -2.34. The van der Waals surface area contributed by atoms with Crippen LogP contribution >= 0.6 is 0 Å². The second kappa shape index (κ2) is 9.01. The fraction of sp³-hybridized carbons (Fsp3) is 0.529. The molecule has 0 spiro atoms. The lowest BCUT2D eigenvalue weighted by Crippen LogP contribution is -2.45. The van der Waals surface area contributed by atoms with Gasteiger partial charge >= 0.3 is 0 Å². The van der Waals surface area contributed by atoms with Gasteiger partial charge in [-0.25, -0.2) is 9.98 Å². The second-order valence-corrected chi connectivity index (χ2v) is 5.53. The lowest BCUT2D eigenvalue weighted by atomic mass is 10.2. The Labute approximate surface area is 139 Å². The Balaban J connectivity index is 2.08. The summed E-state index contributed by atoms with van der Waals surface area (Å²) in [5.41, 5.74) is 1.13. The normalized spacial score (nSPS) is 16.0. The van der Waals surface area contributed by atoms with E-state index in [1.54, 1.807) is 0 Å². The maximum Gasteiger partial charge on any atom is 0.192 e. The molecule has 1 saturated heterocycles. The number of aromatic nitrogens is 1. The number of likely N-dealkylation sites (N-methyl/N-ethyl adjacent to an activating group) is 1. The van der Waals surface area contributed by atoms with Gasteiger partial charge in [0.05, 0.1) is 13.1 Å². The van der Waals surface area contributed by atoms with E-state index in [0.29, 0.717) is 13.1 Å². The summed E-state index contributed by atoms with van der Waals surface area (Å²) in [5, 5.41) is 6.30. The number of rotatable bonds is 5. The van der Waals surface area contributed by atoms with E-state index >= 15 is 0 Å². The fourth-order valence-electron chi connectivity index (χ4n) is 2.50. The van der Waals surface area contributed by atoms with Gasteiger partial charge in [-0.3, -0.25) is 0 Å². The van der Waals surface area contributed by atoms with Crippen molar-refractivity contribution in [3.8, 4) is 12.3 Å². The van der Waals surface area contributed by atoms with Crippen LogP contribution in [0.1, 0.15) is 12.5 Å². The van der Waals surface area contributed by atoms with Gasteiger partial charge in [0, 0.05) is 44.5 Å². The average Bonchev–Trinajstić information content (AvgIpc) is 2.58. The van der Waals surface area contributed by atoms with Crippen LogP contribution in [0, 0.1) is 12.3 Å². The van der Waals surface area contributed by atoms with Crippen LogP contribution in [-0.2, 0) is 6.54 Å². The van der Waals surface area contributed by atoms with Gasteiger partial charge in [-0.1, -0.05) is 12.0 Å². The number of guanidine groups is 1. The second-order valence-electron chi connectivity index (χ2n) is 5.53. The van der Waals surface area contributed by atoms with Gasteiger partial charge in [-0.05, 0) is 20.0 Å². The van der Waals surface area contributed by atoms with E-state index in [2.05, 4.69) is 49.4 Å². The molecular formula is C17H26N6. The van der Waals surface area contributed by atoms with Crippen molar-refractivity contribution in [1.29, 1.82) is 0 Å². The van der Waals surface area contributed by atoms with E-state index < -0.39 is 0 Å². The third kappa shape index (κ3) is 5.15. The van der Waals surface area contributed by atoms with Crippen LogP contribution in [0.5, 0.6) is 0 Å². The van der Waals surface area contributed by atoms with Crippen molar-refractivity contribution in [2.24, 2.45) is 4.99 Å². The number of hydrogen-bond donors (Lipinski definition) is 2. The molecule has 2 heterocycles. The van der Waals surface area contributed by atoms with Crippen molar-refractivity contribution >= 4 is 11.8 Å². The van der Waals surface area contributed by atoms with Gasteiger partial charge in [0.1, 0.15) is 5.82 Å². The van der Waals surface area contributed by atoms with E-state index in [0.717, 1.165) is 50.1 Å². The molecule has 0 atom stereocenters. The molecule has 0 radical (unpaired) electrons. The number of pyridine rings is 1. The molecule has 0 unspecified atom stereocenters. The van der Waals surface area contributed by atoms with Crippen molar-refractivity contribution in [2.45, 2.75) is 13.5 Å². The smallest absolute Gasteiger partial charge is 0.192 e. The van der Waals surface area contributed by atoms with E-state index in [4.69, 9.17) is 6.42 Å². The zero-order valence-corrected chi connectivity index (χ0v) is 14.0. The highest BCUT2D eigenvalue weighted by atomic mass is 15.3. The highest BCUT2D eigenvalue weighted by molar-refractivity contribution is 5.80. The molecule has 6 nitrogen and oxygen atoms in total.